The third kappa shape index (κ3) is 3.33. The fourth-order valence-corrected chi connectivity index (χ4v) is 2.99. The van der Waals surface area contributed by atoms with E-state index in [1.807, 2.05) is 24.3 Å². The third-order valence-electron chi connectivity index (χ3n) is 3.96. The normalized spacial score (nSPS) is 19.2. The van der Waals surface area contributed by atoms with Crippen LogP contribution in [0.1, 0.15) is 25.5 Å². The summed E-state index contributed by atoms with van der Waals surface area (Å²) in [5, 5.41) is 2.95. The van der Waals surface area contributed by atoms with Crippen molar-refractivity contribution in [1.82, 2.24) is 20.2 Å². The van der Waals surface area contributed by atoms with E-state index in [1.54, 1.807) is 0 Å². The summed E-state index contributed by atoms with van der Waals surface area (Å²) in [6.07, 6.45) is 1.99. The molecule has 22 heavy (non-hydrogen) atoms. The minimum absolute atomic E-state index is 0.00599. The summed E-state index contributed by atoms with van der Waals surface area (Å²) in [6.45, 7) is 3.72. The fraction of sp³-hybridized carbons (Fsp3) is 0.438. The van der Waals surface area contributed by atoms with Gasteiger partial charge in [-0.15, -0.1) is 0 Å². The molecule has 0 bridgehead atoms. The van der Waals surface area contributed by atoms with Gasteiger partial charge >= 0.3 is 0 Å². The molecule has 0 unspecified atom stereocenters. The van der Waals surface area contributed by atoms with E-state index < -0.39 is 0 Å². The van der Waals surface area contributed by atoms with Crippen LogP contribution >= 0.6 is 0 Å². The van der Waals surface area contributed by atoms with E-state index in [0.29, 0.717) is 12.2 Å². The number of aromatic nitrogens is 2. The van der Waals surface area contributed by atoms with Crippen molar-refractivity contribution in [2.45, 2.75) is 32.4 Å². The lowest BCUT2D eigenvalue weighted by molar-refractivity contribution is -0.120. The van der Waals surface area contributed by atoms with Gasteiger partial charge in [0.05, 0.1) is 11.0 Å². The van der Waals surface area contributed by atoms with Crippen molar-refractivity contribution in [2.75, 3.05) is 13.1 Å². The molecule has 1 fully saturated rings. The summed E-state index contributed by atoms with van der Waals surface area (Å²) in [7, 11) is 0. The zero-order valence-electron chi connectivity index (χ0n) is 12.6. The average molecular weight is 300 g/mol. The molecule has 1 amide bonds. The molecule has 0 radical (unpaired) electrons. The van der Waals surface area contributed by atoms with E-state index in [9.17, 15) is 9.59 Å². The van der Waals surface area contributed by atoms with Gasteiger partial charge in [-0.3, -0.25) is 14.5 Å². The van der Waals surface area contributed by atoms with Crippen LogP contribution < -0.4 is 10.9 Å². The highest BCUT2D eigenvalue weighted by molar-refractivity contribution is 5.73. The quantitative estimate of drug-likeness (QED) is 0.887. The van der Waals surface area contributed by atoms with Crippen LogP contribution in [0, 0.1) is 0 Å². The summed E-state index contributed by atoms with van der Waals surface area (Å²) >= 11 is 0. The van der Waals surface area contributed by atoms with Crippen LogP contribution in [0.25, 0.3) is 11.0 Å². The van der Waals surface area contributed by atoms with Crippen molar-refractivity contribution >= 4 is 16.9 Å². The number of fused-ring (bicyclic) bond motifs is 1. The number of para-hydroxylation sites is 2. The molecule has 1 aliphatic rings. The Kier molecular flexibility index (Phi) is 4.20. The number of hydrogen-bond acceptors (Lipinski definition) is 4. The molecule has 1 saturated heterocycles. The van der Waals surface area contributed by atoms with Gasteiger partial charge in [-0.2, -0.15) is 0 Å². The van der Waals surface area contributed by atoms with Crippen LogP contribution in [0.3, 0.4) is 0 Å². The Hall–Kier alpha value is -2.21. The molecule has 3 rings (SSSR count). The van der Waals surface area contributed by atoms with Gasteiger partial charge < -0.3 is 10.3 Å². The first-order valence-electron chi connectivity index (χ1n) is 7.59. The molecule has 6 heteroatoms. The molecular weight excluding hydrogens is 280 g/mol. The summed E-state index contributed by atoms with van der Waals surface area (Å²) in [6, 6.07) is 7.69. The van der Waals surface area contributed by atoms with Crippen molar-refractivity contribution < 1.29 is 4.79 Å². The number of rotatable bonds is 3. The second kappa shape index (κ2) is 6.27. The number of H-pyrrole nitrogens is 1. The summed E-state index contributed by atoms with van der Waals surface area (Å²) in [4.78, 5) is 32.9. The first-order chi connectivity index (χ1) is 10.6. The smallest absolute Gasteiger partial charge is 0.271 e. The van der Waals surface area contributed by atoms with Crippen molar-refractivity contribution in [3.63, 3.8) is 0 Å². The van der Waals surface area contributed by atoms with Crippen molar-refractivity contribution in [3.8, 4) is 0 Å². The van der Waals surface area contributed by atoms with Crippen LogP contribution in [0.4, 0.5) is 0 Å². The van der Waals surface area contributed by atoms with Crippen molar-refractivity contribution in [3.05, 3.63) is 40.3 Å². The Morgan fingerprint density at radius 3 is 3.09 bits per heavy atom. The predicted octanol–water partition coefficient (Wildman–Crippen LogP) is 1.02. The molecule has 2 heterocycles. The Morgan fingerprint density at radius 2 is 2.27 bits per heavy atom. The predicted molar refractivity (Wildman–Crippen MR) is 84.5 cm³/mol. The Balaban J connectivity index is 1.76. The van der Waals surface area contributed by atoms with Crippen molar-refractivity contribution in [1.29, 1.82) is 0 Å². The van der Waals surface area contributed by atoms with Crippen molar-refractivity contribution in [2.24, 2.45) is 0 Å². The molecule has 2 aromatic rings. The highest BCUT2D eigenvalue weighted by Gasteiger charge is 2.21. The molecule has 116 valence electrons. The first-order valence-corrected chi connectivity index (χ1v) is 7.59. The number of likely N-dealkylation sites (tertiary alicyclic amines) is 1. The number of aromatic amines is 1. The standard InChI is InChI=1S/C16H20N4O2/c1-11(21)17-12-5-4-8-20(9-12)10-15-16(22)19-14-7-3-2-6-13(14)18-15/h2-3,6-7,12H,4-5,8-10H2,1H3,(H,17,21)(H,19,22)/t12-/m0/s1. The fourth-order valence-electron chi connectivity index (χ4n) is 2.99. The van der Waals surface area contributed by atoms with Crippen LogP contribution in [0.5, 0.6) is 0 Å². The van der Waals surface area contributed by atoms with E-state index in [2.05, 4.69) is 20.2 Å². The zero-order valence-corrected chi connectivity index (χ0v) is 12.6. The number of piperidine rings is 1. The maximum absolute atomic E-state index is 12.2. The largest absolute Gasteiger partial charge is 0.352 e. The Labute approximate surface area is 128 Å². The molecule has 0 aliphatic carbocycles. The van der Waals surface area contributed by atoms with Gasteiger partial charge in [0, 0.05) is 26.1 Å². The Morgan fingerprint density at radius 1 is 1.45 bits per heavy atom. The maximum Gasteiger partial charge on any atom is 0.271 e. The van der Waals surface area contributed by atoms with Crippen LogP contribution in [0.2, 0.25) is 0 Å². The number of nitrogens with zero attached hydrogens (tertiary/aromatic N) is 2. The van der Waals surface area contributed by atoms with Gasteiger partial charge in [0.15, 0.2) is 0 Å². The molecule has 6 nitrogen and oxygen atoms in total. The molecule has 2 N–H and O–H groups in total. The second-order valence-electron chi connectivity index (χ2n) is 5.80. The minimum atomic E-state index is -0.139. The van der Waals surface area contributed by atoms with E-state index >= 15 is 0 Å². The molecule has 1 aliphatic heterocycles. The summed E-state index contributed by atoms with van der Waals surface area (Å²) in [5.74, 6) is -0.00599. The van der Waals surface area contributed by atoms with Crippen LogP contribution in [-0.2, 0) is 11.3 Å². The summed E-state index contributed by atoms with van der Waals surface area (Å²) in [5.41, 5.74) is 1.95. The maximum atomic E-state index is 12.2. The van der Waals surface area contributed by atoms with Gasteiger partial charge in [-0.25, -0.2) is 4.98 Å². The summed E-state index contributed by atoms with van der Waals surface area (Å²) < 4.78 is 0. The number of benzene rings is 1. The molecule has 1 aromatic heterocycles. The van der Waals surface area contributed by atoms with E-state index in [0.717, 1.165) is 37.0 Å². The zero-order chi connectivity index (χ0) is 15.5. The van der Waals surface area contributed by atoms with Crippen LogP contribution in [-0.4, -0.2) is 39.9 Å². The van der Waals surface area contributed by atoms with Gasteiger partial charge in [0.1, 0.15) is 5.69 Å². The topological polar surface area (TPSA) is 78.1 Å². The number of carbonyl (C=O) groups excluding carboxylic acids is 1. The molecule has 1 atom stereocenters. The average Bonchev–Trinajstić information content (AvgIpc) is 2.48. The van der Waals surface area contributed by atoms with E-state index in [-0.39, 0.29) is 17.5 Å². The lowest BCUT2D eigenvalue weighted by Crippen LogP contribution is -2.47. The van der Waals surface area contributed by atoms with Gasteiger partial charge in [0.25, 0.3) is 5.56 Å². The number of hydrogen-bond donors (Lipinski definition) is 2. The highest BCUT2D eigenvalue weighted by atomic mass is 16.1. The highest BCUT2D eigenvalue weighted by Crippen LogP contribution is 2.13. The minimum Gasteiger partial charge on any atom is -0.352 e. The lowest BCUT2D eigenvalue weighted by Gasteiger charge is -2.32. The second-order valence-corrected chi connectivity index (χ2v) is 5.80. The van der Waals surface area contributed by atoms with Gasteiger partial charge in [0.2, 0.25) is 5.91 Å². The molecule has 0 spiro atoms. The number of amides is 1. The molecule has 0 saturated carbocycles. The number of nitrogens with one attached hydrogen (secondary N) is 2. The third-order valence-corrected chi connectivity index (χ3v) is 3.96. The van der Waals surface area contributed by atoms with Gasteiger partial charge in [-0.1, -0.05) is 12.1 Å². The van der Waals surface area contributed by atoms with Gasteiger partial charge in [-0.05, 0) is 31.5 Å². The van der Waals surface area contributed by atoms with Crippen LogP contribution in [0.15, 0.2) is 29.1 Å². The van der Waals surface area contributed by atoms with E-state index in [1.165, 1.54) is 6.92 Å². The van der Waals surface area contributed by atoms with E-state index in [4.69, 9.17) is 0 Å². The molecule has 1 aromatic carbocycles. The molecular formula is C16H20N4O2. The SMILES string of the molecule is CC(=O)N[C@H]1CCCN(Cc2nc3ccccc3[nH]c2=O)C1. The lowest BCUT2D eigenvalue weighted by atomic mass is 10.1. The number of carbonyl (C=O) groups is 1. The first kappa shape index (κ1) is 14.7. The Bertz CT molecular complexity index is 740. The monoisotopic (exact) mass is 300 g/mol.